The fraction of sp³-hybridized carbons (Fsp3) is 0.300. The molecule has 8 heteroatoms. The lowest BCUT2D eigenvalue weighted by Gasteiger charge is -2.35. The van der Waals surface area contributed by atoms with Gasteiger partial charge in [0.15, 0.2) is 0 Å². The number of nitrogens with one attached hydrogen (secondary N) is 1. The molecule has 0 saturated carbocycles. The van der Waals surface area contributed by atoms with Crippen molar-refractivity contribution < 1.29 is 19.1 Å². The van der Waals surface area contributed by atoms with E-state index >= 15 is 0 Å². The van der Waals surface area contributed by atoms with Gasteiger partial charge in [-0.15, -0.1) is 0 Å². The Labute approximate surface area is 161 Å². The van der Waals surface area contributed by atoms with Gasteiger partial charge in [-0.25, -0.2) is 4.79 Å². The molecule has 5 rings (SSSR count). The Morgan fingerprint density at radius 2 is 2.04 bits per heavy atom. The Hall–Kier alpha value is -3.42. The molecule has 2 aromatic rings. The molecule has 8 nitrogen and oxygen atoms in total. The van der Waals surface area contributed by atoms with Crippen LogP contribution in [0.2, 0.25) is 0 Å². The summed E-state index contributed by atoms with van der Waals surface area (Å²) in [7, 11) is 0. The second kappa shape index (κ2) is 6.33. The van der Waals surface area contributed by atoms with Crippen molar-refractivity contribution >= 4 is 17.8 Å². The van der Waals surface area contributed by atoms with E-state index < -0.39 is 6.04 Å². The van der Waals surface area contributed by atoms with Crippen molar-refractivity contribution in [2.45, 2.75) is 12.5 Å². The van der Waals surface area contributed by atoms with Crippen LogP contribution in [-0.2, 0) is 11.2 Å². The van der Waals surface area contributed by atoms with Crippen LogP contribution >= 0.6 is 0 Å². The molecular weight excluding hydrogens is 360 g/mol. The van der Waals surface area contributed by atoms with Gasteiger partial charge in [-0.2, -0.15) is 0 Å². The van der Waals surface area contributed by atoms with Crippen molar-refractivity contribution in [3.8, 4) is 16.9 Å². The van der Waals surface area contributed by atoms with E-state index in [-0.39, 0.29) is 24.4 Å². The van der Waals surface area contributed by atoms with Gasteiger partial charge in [0, 0.05) is 37.5 Å². The van der Waals surface area contributed by atoms with Crippen LogP contribution in [0.25, 0.3) is 11.1 Å². The molecule has 3 aliphatic rings. The fourth-order valence-corrected chi connectivity index (χ4v) is 3.96. The molecule has 2 saturated heterocycles. The van der Waals surface area contributed by atoms with E-state index in [1.54, 1.807) is 11.1 Å². The molecule has 1 atom stereocenters. The van der Waals surface area contributed by atoms with Crippen LogP contribution in [0.15, 0.2) is 36.7 Å². The first kappa shape index (κ1) is 16.7. The molecule has 1 aromatic carbocycles. The third-order valence-corrected chi connectivity index (χ3v) is 5.47. The number of urea groups is 1. The molecule has 4 amide bonds. The zero-order valence-electron chi connectivity index (χ0n) is 15.1. The van der Waals surface area contributed by atoms with E-state index in [1.807, 2.05) is 18.2 Å². The SMILES string of the molecule is O=C1NC(=O)N2CCN(C(=O)c3cncc(-c4ccc5c(c4)CCO5)c3)CC12. The number of aromatic nitrogens is 1. The highest BCUT2D eigenvalue weighted by Crippen LogP contribution is 2.30. The number of amides is 4. The first-order valence-electron chi connectivity index (χ1n) is 9.22. The molecule has 1 unspecified atom stereocenters. The zero-order valence-corrected chi connectivity index (χ0v) is 15.1. The Morgan fingerprint density at radius 3 is 2.93 bits per heavy atom. The van der Waals surface area contributed by atoms with Gasteiger partial charge in [0.1, 0.15) is 11.8 Å². The highest BCUT2D eigenvalue weighted by molar-refractivity contribution is 6.05. The number of hydrogen-bond donors (Lipinski definition) is 1. The van der Waals surface area contributed by atoms with Crippen molar-refractivity contribution in [3.05, 3.63) is 47.8 Å². The number of rotatable bonds is 2. The highest BCUT2D eigenvalue weighted by atomic mass is 16.5. The van der Waals surface area contributed by atoms with E-state index in [4.69, 9.17) is 4.74 Å². The van der Waals surface area contributed by atoms with E-state index in [2.05, 4.69) is 16.4 Å². The number of benzene rings is 1. The fourth-order valence-electron chi connectivity index (χ4n) is 3.96. The Balaban J connectivity index is 1.38. The van der Waals surface area contributed by atoms with Crippen molar-refractivity contribution in [2.24, 2.45) is 0 Å². The topological polar surface area (TPSA) is 91.8 Å². The molecular formula is C20H18N4O4. The lowest BCUT2D eigenvalue weighted by molar-refractivity contribution is -0.122. The number of carbonyl (C=O) groups excluding carboxylic acids is 3. The molecule has 0 radical (unpaired) electrons. The summed E-state index contributed by atoms with van der Waals surface area (Å²) >= 11 is 0. The van der Waals surface area contributed by atoms with E-state index in [0.29, 0.717) is 25.3 Å². The maximum Gasteiger partial charge on any atom is 0.324 e. The predicted octanol–water partition coefficient (Wildman–Crippen LogP) is 1.06. The number of nitrogens with zero attached hydrogens (tertiary/aromatic N) is 3. The largest absolute Gasteiger partial charge is 0.493 e. The number of piperazine rings is 1. The summed E-state index contributed by atoms with van der Waals surface area (Å²) in [4.78, 5) is 43.9. The second-order valence-corrected chi connectivity index (χ2v) is 7.14. The van der Waals surface area contributed by atoms with Gasteiger partial charge in [0.2, 0.25) is 0 Å². The van der Waals surface area contributed by atoms with Crippen LogP contribution in [0.4, 0.5) is 4.79 Å². The van der Waals surface area contributed by atoms with Gasteiger partial charge < -0.3 is 14.5 Å². The monoisotopic (exact) mass is 378 g/mol. The number of hydrogen-bond acceptors (Lipinski definition) is 5. The minimum absolute atomic E-state index is 0.189. The van der Waals surface area contributed by atoms with Gasteiger partial charge in [0.05, 0.1) is 18.7 Å². The zero-order chi connectivity index (χ0) is 19.3. The lowest BCUT2D eigenvalue weighted by Crippen LogP contribution is -2.54. The van der Waals surface area contributed by atoms with E-state index in [0.717, 1.165) is 28.9 Å². The number of imide groups is 1. The number of ether oxygens (including phenoxy) is 1. The van der Waals surface area contributed by atoms with Crippen LogP contribution in [-0.4, -0.2) is 64.9 Å². The summed E-state index contributed by atoms with van der Waals surface area (Å²) in [6, 6.07) is 6.80. The van der Waals surface area contributed by atoms with Gasteiger partial charge in [-0.05, 0) is 29.3 Å². The van der Waals surface area contributed by atoms with E-state index in [1.165, 1.54) is 11.1 Å². The minimum Gasteiger partial charge on any atom is -0.493 e. The van der Waals surface area contributed by atoms with Crippen molar-refractivity contribution in [2.75, 3.05) is 26.2 Å². The van der Waals surface area contributed by atoms with Crippen molar-refractivity contribution in [1.29, 1.82) is 0 Å². The summed E-state index contributed by atoms with van der Waals surface area (Å²) < 4.78 is 5.54. The molecule has 0 spiro atoms. The summed E-state index contributed by atoms with van der Waals surface area (Å²) in [5, 5.41) is 2.30. The first-order valence-corrected chi connectivity index (χ1v) is 9.22. The average Bonchev–Trinajstić information content (AvgIpc) is 3.31. The van der Waals surface area contributed by atoms with Crippen LogP contribution < -0.4 is 10.1 Å². The molecule has 28 heavy (non-hydrogen) atoms. The van der Waals surface area contributed by atoms with Crippen LogP contribution in [0.1, 0.15) is 15.9 Å². The quantitative estimate of drug-likeness (QED) is 0.789. The summed E-state index contributed by atoms with van der Waals surface area (Å²) in [5.41, 5.74) is 3.46. The molecule has 3 aliphatic heterocycles. The minimum atomic E-state index is -0.613. The predicted molar refractivity (Wildman–Crippen MR) is 98.8 cm³/mol. The van der Waals surface area contributed by atoms with Crippen LogP contribution in [0.3, 0.4) is 0 Å². The smallest absolute Gasteiger partial charge is 0.324 e. The van der Waals surface area contributed by atoms with Crippen molar-refractivity contribution in [3.63, 3.8) is 0 Å². The molecule has 1 N–H and O–H groups in total. The van der Waals surface area contributed by atoms with Crippen LogP contribution in [0, 0.1) is 0 Å². The molecule has 2 fully saturated rings. The van der Waals surface area contributed by atoms with Gasteiger partial charge in [-0.1, -0.05) is 6.07 Å². The third-order valence-electron chi connectivity index (χ3n) is 5.47. The Bertz CT molecular complexity index is 1010. The van der Waals surface area contributed by atoms with Crippen LogP contribution in [0.5, 0.6) is 5.75 Å². The lowest BCUT2D eigenvalue weighted by atomic mass is 10.0. The Morgan fingerprint density at radius 1 is 1.14 bits per heavy atom. The second-order valence-electron chi connectivity index (χ2n) is 7.14. The molecule has 0 bridgehead atoms. The Kier molecular flexibility index (Phi) is 3.78. The summed E-state index contributed by atoms with van der Waals surface area (Å²) in [6.07, 6.45) is 4.14. The molecule has 4 heterocycles. The number of pyridine rings is 1. The summed E-state index contributed by atoms with van der Waals surface area (Å²) in [5.74, 6) is 0.367. The molecule has 142 valence electrons. The normalized spacial score (nSPS) is 20.5. The summed E-state index contributed by atoms with van der Waals surface area (Å²) in [6.45, 7) is 1.61. The number of fused-ring (bicyclic) bond motifs is 2. The number of carbonyl (C=O) groups is 3. The maximum absolute atomic E-state index is 13.0. The van der Waals surface area contributed by atoms with Gasteiger partial charge in [0.25, 0.3) is 11.8 Å². The molecule has 0 aliphatic carbocycles. The highest BCUT2D eigenvalue weighted by Gasteiger charge is 2.43. The van der Waals surface area contributed by atoms with Gasteiger partial charge in [-0.3, -0.25) is 19.9 Å². The van der Waals surface area contributed by atoms with Gasteiger partial charge >= 0.3 is 6.03 Å². The maximum atomic E-state index is 13.0. The first-order chi connectivity index (χ1) is 13.6. The standard InChI is InChI=1S/C20H18N4O4/c25-18-16-11-23(4-5-24(16)20(27)22-18)19(26)15-8-14(9-21-10-15)12-1-2-17-13(7-12)3-6-28-17/h1-2,7-10,16H,3-6,11H2,(H,22,25,27). The average molecular weight is 378 g/mol. The third kappa shape index (κ3) is 2.69. The van der Waals surface area contributed by atoms with Crippen molar-refractivity contribution in [1.82, 2.24) is 20.1 Å². The molecule has 1 aromatic heterocycles. The van der Waals surface area contributed by atoms with E-state index in [9.17, 15) is 14.4 Å².